The minimum absolute atomic E-state index is 0.0557. The summed E-state index contributed by atoms with van der Waals surface area (Å²) in [7, 11) is 1.66. The number of aliphatic hydroxyl groups is 1. The third-order valence-corrected chi connectivity index (χ3v) is 5.04. The molecule has 0 saturated heterocycles. The molecule has 0 aromatic heterocycles. The van der Waals surface area contributed by atoms with Crippen LogP contribution in [0.3, 0.4) is 0 Å². The van der Waals surface area contributed by atoms with E-state index in [4.69, 9.17) is 4.74 Å². The van der Waals surface area contributed by atoms with E-state index in [9.17, 15) is 9.90 Å². The third kappa shape index (κ3) is 3.85. The third-order valence-electron chi connectivity index (χ3n) is 5.04. The summed E-state index contributed by atoms with van der Waals surface area (Å²) < 4.78 is 5.40. The highest BCUT2D eigenvalue weighted by molar-refractivity contribution is 5.95. The first-order valence-electron chi connectivity index (χ1n) is 8.84. The first-order chi connectivity index (χ1) is 12.1. The standard InChI is InChI=1S/C21H25NO3/c1-3-19(16-12-17(23)13-16)22-21(24)15-10-8-14(9-11-15)18-6-4-5-7-20(18)25-2/h4-11,16-17,19,23H,3,12-13H2,1-2H3,(H,22,24). The van der Waals surface area contributed by atoms with Gasteiger partial charge in [-0.2, -0.15) is 0 Å². The van der Waals surface area contributed by atoms with Crippen molar-refractivity contribution in [2.24, 2.45) is 5.92 Å². The van der Waals surface area contributed by atoms with E-state index in [-0.39, 0.29) is 18.1 Å². The molecule has 0 radical (unpaired) electrons. The van der Waals surface area contributed by atoms with Crippen LogP contribution in [-0.2, 0) is 0 Å². The van der Waals surface area contributed by atoms with E-state index in [0.717, 1.165) is 36.1 Å². The maximum Gasteiger partial charge on any atom is 0.251 e. The SMILES string of the molecule is CCC(NC(=O)c1ccc(-c2ccccc2OC)cc1)C1CC(O)C1. The lowest BCUT2D eigenvalue weighted by Crippen LogP contribution is -2.46. The van der Waals surface area contributed by atoms with Gasteiger partial charge < -0.3 is 15.2 Å². The Bertz CT molecular complexity index is 720. The number of hydrogen-bond donors (Lipinski definition) is 2. The highest BCUT2D eigenvalue weighted by atomic mass is 16.5. The molecule has 132 valence electrons. The Labute approximate surface area is 148 Å². The summed E-state index contributed by atoms with van der Waals surface area (Å²) in [6.45, 7) is 2.07. The Hall–Kier alpha value is -2.33. The van der Waals surface area contributed by atoms with Gasteiger partial charge in [-0.3, -0.25) is 4.79 Å². The highest BCUT2D eigenvalue weighted by Gasteiger charge is 2.33. The fraction of sp³-hybridized carbons (Fsp3) is 0.381. The van der Waals surface area contributed by atoms with Crippen LogP contribution in [0.4, 0.5) is 0 Å². The lowest BCUT2D eigenvalue weighted by molar-refractivity contribution is 0.0232. The zero-order valence-corrected chi connectivity index (χ0v) is 14.7. The molecule has 1 amide bonds. The fourth-order valence-corrected chi connectivity index (χ4v) is 3.45. The summed E-state index contributed by atoms with van der Waals surface area (Å²) in [4.78, 5) is 12.5. The van der Waals surface area contributed by atoms with E-state index in [0.29, 0.717) is 11.5 Å². The molecule has 1 saturated carbocycles. The number of benzene rings is 2. The van der Waals surface area contributed by atoms with Crippen LogP contribution in [0.25, 0.3) is 11.1 Å². The molecular formula is C21H25NO3. The monoisotopic (exact) mass is 339 g/mol. The van der Waals surface area contributed by atoms with Crippen molar-refractivity contribution < 1.29 is 14.6 Å². The van der Waals surface area contributed by atoms with Crippen molar-refractivity contribution in [3.63, 3.8) is 0 Å². The quantitative estimate of drug-likeness (QED) is 0.845. The Morgan fingerprint density at radius 2 is 1.88 bits per heavy atom. The molecule has 2 aromatic rings. The van der Waals surface area contributed by atoms with Crippen LogP contribution in [0.1, 0.15) is 36.5 Å². The Morgan fingerprint density at radius 3 is 2.48 bits per heavy atom. The van der Waals surface area contributed by atoms with E-state index in [2.05, 4.69) is 12.2 Å². The molecule has 25 heavy (non-hydrogen) atoms. The van der Waals surface area contributed by atoms with Gasteiger partial charge in [-0.15, -0.1) is 0 Å². The average Bonchev–Trinajstić information content (AvgIpc) is 2.63. The zero-order valence-electron chi connectivity index (χ0n) is 14.7. The molecule has 4 heteroatoms. The molecule has 1 fully saturated rings. The van der Waals surface area contributed by atoms with Gasteiger partial charge in [-0.05, 0) is 48.9 Å². The first kappa shape index (κ1) is 17.5. The van der Waals surface area contributed by atoms with Gasteiger partial charge in [-0.1, -0.05) is 37.3 Å². The maximum atomic E-state index is 12.5. The van der Waals surface area contributed by atoms with Crippen molar-refractivity contribution in [2.75, 3.05) is 7.11 Å². The number of hydrogen-bond acceptors (Lipinski definition) is 3. The van der Waals surface area contributed by atoms with Gasteiger partial charge in [0, 0.05) is 17.2 Å². The zero-order chi connectivity index (χ0) is 17.8. The molecule has 1 atom stereocenters. The van der Waals surface area contributed by atoms with Crippen molar-refractivity contribution in [1.29, 1.82) is 0 Å². The molecule has 1 unspecified atom stereocenters. The van der Waals surface area contributed by atoms with Crippen LogP contribution >= 0.6 is 0 Å². The minimum atomic E-state index is -0.198. The normalized spacial score (nSPS) is 20.4. The second-order valence-corrected chi connectivity index (χ2v) is 6.65. The van der Waals surface area contributed by atoms with E-state index in [1.807, 2.05) is 48.5 Å². The number of rotatable bonds is 6. The molecule has 1 aliphatic carbocycles. The Morgan fingerprint density at radius 1 is 1.20 bits per heavy atom. The van der Waals surface area contributed by atoms with E-state index in [1.54, 1.807) is 7.11 Å². The molecule has 2 N–H and O–H groups in total. The number of carbonyl (C=O) groups excluding carboxylic acids is 1. The second-order valence-electron chi connectivity index (χ2n) is 6.65. The van der Waals surface area contributed by atoms with E-state index in [1.165, 1.54) is 0 Å². The molecule has 0 aliphatic heterocycles. The Balaban J connectivity index is 1.70. The number of para-hydroxylation sites is 1. The molecule has 3 rings (SSSR count). The number of nitrogens with one attached hydrogen (secondary N) is 1. The molecular weight excluding hydrogens is 314 g/mol. The van der Waals surface area contributed by atoms with Crippen molar-refractivity contribution in [3.05, 3.63) is 54.1 Å². The van der Waals surface area contributed by atoms with E-state index < -0.39 is 0 Å². The van der Waals surface area contributed by atoms with Gasteiger partial charge in [0.2, 0.25) is 0 Å². The number of aliphatic hydroxyl groups excluding tert-OH is 1. The van der Waals surface area contributed by atoms with Gasteiger partial charge in [0.25, 0.3) is 5.91 Å². The fourth-order valence-electron chi connectivity index (χ4n) is 3.45. The van der Waals surface area contributed by atoms with Crippen molar-refractivity contribution in [1.82, 2.24) is 5.32 Å². The predicted molar refractivity (Wildman–Crippen MR) is 98.7 cm³/mol. The van der Waals surface area contributed by atoms with Crippen molar-refractivity contribution in [3.8, 4) is 16.9 Å². The lowest BCUT2D eigenvalue weighted by atomic mass is 9.76. The summed E-state index contributed by atoms with van der Waals surface area (Å²) in [5.41, 5.74) is 2.67. The van der Waals surface area contributed by atoms with Gasteiger partial charge in [0.05, 0.1) is 13.2 Å². The number of methoxy groups -OCH3 is 1. The van der Waals surface area contributed by atoms with Crippen LogP contribution in [-0.4, -0.2) is 30.3 Å². The van der Waals surface area contributed by atoms with Crippen LogP contribution in [0.15, 0.2) is 48.5 Å². The number of ether oxygens (including phenoxy) is 1. The summed E-state index contributed by atoms with van der Waals surface area (Å²) in [6, 6.07) is 15.5. The Kier molecular flexibility index (Phi) is 5.39. The largest absolute Gasteiger partial charge is 0.496 e. The van der Waals surface area contributed by atoms with E-state index >= 15 is 0 Å². The van der Waals surface area contributed by atoms with Crippen LogP contribution in [0.5, 0.6) is 5.75 Å². The molecule has 0 bridgehead atoms. The van der Waals surface area contributed by atoms with Crippen molar-refractivity contribution >= 4 is 5.91 Å². The second kappa shape index (κ2) is 7.70. The maximum absolute atomic E-state index is 12.5. The van der Waals surface area contributed by atoms with Crippen molar-refractivity contribution in [2.45, 2.75) is 38.3 Å². The van der Waals surface area contributed by atoms with Gasteiger partial charge >= 0.3 is 0 Å². The topological polar surface area (TPSA) is 58.6 Å². The predicted octanol–water partition coefficient (Wildman–Crippen LogP) is 3.64. The molecule has 2 aromatic carbocycles. The lowest BCUT2D eigenvalue weighted by Gasteiger charge is -2.37. The minimum Gasteiger partial charge on any atom is -0.496 e. The van der Waals surface area contributed by atoms with Crippen LogP contribution in [0.2, 0.25) is 0 Å². The smallest absolute Gasteiger partial charge is 0.251 e. The van der Waals surface area contributed by atoms with Crippen LogP contribution in [0, 0.1) is 5.92 Å². The number of amides is 1. The van der Waals surface area contributed by atoms with Gasteiger partial charge in [-0.25, -0.2) is 0 Å². The highest BCUT2D eigenvalue weighted by Crippen LogP contribution is 2.32. The number of carbonyl (C=O) groups is 1. The molecule has 1 aliphatic rings. The molecule has 0 heterocycles. The summed E-state index contributed by atoms with van der Waals surface area (Å²) in [5.74, 6) is 1.14. The van der Waals surface area contributed by atoms with Gasteiger partial charge in [0.1, 0.15) is 5.75 Å². The first-order valence-corrected chi connectivity index (χ1v) is 8.84. The summed E-state index contributed by atoms with van der Waals surface area (Å²) in [6.07, 6.45) is 2.25. The summed E-state index contributed by atoms with van der Waals surface area (Å²) in [5, 5.41) is 12.6. The van der Waals surface area contributed by atoms with Crippen LogP contribution < -0.4 is 10.1 Å². The average molecular weight is 339 g/mol. The summed E-state index contributed by atoms with van der Waals surface area (Å²) >= 11 is 0. The van der Waals surface area contributed by atoms with Gasteiger partial charge in [0.15, 0.2) is 0 Å². The molecule has 4 nitrogen and oxygen atoms in total. The molecule has 0 spiro atoms.